The summed E-state index contributed by atoms with van der Waals surface area (Å²) in [5.74, 6) is -1.35. The zero-order valence-corrected chi connectivity index (χ0v) is 16.7. The first-order valence-electron chi connectivity index (χ1n) is 8.66. The van der Waals surface area contributed by atoms with Crippen molar-refractivity contribution in [1.82, 2.24) is 19.1 Å². The number of thioether (sulfide) groups is 1. The number of nitrogens with zero attached hydrogens (tertiary/aromatic N) is 4. The van der Waals surface area contributed by atoms with Gasteiger partial charge in [-0.2, -0.15) is 4.98 Å². The second-order valence-electron chi connectivity index (χ2n) is 6.19. The van der Waals surface area contributed by atoms with Crippen LogP contribution in [0.15, 0.2) is 11.0 Å². The molecule has 0 aliphatic carbocycles. The maximum Gasteiger partial charge on any atom is 0.333 e. The van der Waals surface area contributed by atoms with Crippen LogP contribution in [0, 0.1) is 0 Å². The number of alkyl halides is 1. The molecule has 1 aliphatic heterocycles. The third kappa shape index (κ3) is 3.92. The average molecular weight is 429 g/mol. The van der Waals surface area contributed by atoms with Crippen LogP contribution in [-0.2, 0) is 29.7 Å². The van der Waals surface area contributed by atoms with E-state index < -0.39 is 42.4 Å². The van der Waals surface area contributed by atoms with Crippen molar-refractivity contribution in [3.8, 4) is 0 Å². The van der Waals surface area contributed by atoms with E-state index in [2.05, 4.69) is 9.97 Å². The van der Waals surface area contributed by atoms with E-state index in [1.807, 2.05) is 0 Å². The molecule has 0 amide bonds. The van der Waals surface area contributed by atoms with Gasteiger partial charge in [-0.3, -0.25) is 14.2 Å². The normalized spacial score (nSPS) is 24.0. The minimum Gasteiger partial charge on any atom is -0.454 e. The van der Waals surface area contributed by atoms with Gasteiger partial charge in [-0.05, 0) is 6.26 Å². The molecule has 0 spiro atoms. The minimum absolute atomic E-state index is 0.00772. The lowest BCUT2D eigenvalue weighted by atomic mass is 10.2. The third-order valence-electron chi connectivity index (χ3n) is 4.20. The predicted octanol–water partition coefficient (Wildman–Crippen LogP) is 0.574. The van der Waals surface area contributed by atoms with Gasteiger partial charge in [0, 0.05) is 13.3 Å². The van der Waals surface area contributed by atoms with Crippen LogP contribution < -0.4 is 11.4 Å². The lowest BCUT2D eigenvalue weighted by molar-refractivity contribution is -0.188. The van der Waals surface area contributed by atoms with Crippen LogP contribution in [0.2, 0.25) is 0 Å². The van der Waals surface area contributed by atoms with Crippen molar-refractivity contribution in [1.29, 1.82) is 0 Å². The fraction of sp³-hybridized carbons (Fsp3) is 0.562. The van der Waals surface area contributed by atoms with Crippen LogP contribution in [-0.4, -0.2) is 55.9 Å². The fourth-order valence-corrected chi connectivity index (χ4v) is 3.49. The van der Waals surface area contributed by atoms with E-state index in [0.29, 0.717) is 5.52 Å². The summed E-state index contributed by atoms with van der Waals surface area (Å²) in [5.41, 5.74) is 5.48. The zero-order chi connectivity index (χ0) is 21.3. The average Bonchev–Trinajstić information content (AvgIpc) is 3.10. The molecule has 2 aromatic rings. The molecule has 13 heteroatoms. The van der Waals surface area contributed by atoms with Gasteiger partial charge in [0.15, 0.2) is 18.0 Å². The van der Waals surface area contributed by atoms with Gasteiger partial charge in [-0.1, -0.05) is 6.92 Å². The Bertz CT molecular complexity index is 994. The summed E-state index contributed by atoms with van der Waals surface area (Å²) in [4.78, 5) is 44.2. The molecule has 29 heavy (non-hydrogen) atoms. The first kappa shape index (κ1) is 21.0. The summed E-state index contributed by atoms with van der Waals surface area (Å²) in [6.07, 6.45) is -3.47. The Kier molecular flexibility index (Phi) is 6.07. The number of halogens is 1. The number of fused-ring (bicyclic) bond motifs is 1. The second kappa shape index (κ2) is 8.37. The van der Waals surface area contributed by atoms with Crippen LogP contribution in [0.4, 0.5) is 10.3 Å². The number of nitrogens with two attached hydrogens (primary N) is 1. The predicted molar refractivity (Wildman–Crippen MR) is 100 cm³/mol. The Balaban J connectivity index is 2.13. The van der Waals surface area contributed by atoms with Crippen molar-refractivity contribution in [3.05, 3.63) is 16.7 Å². The number of aromatic nitrogens is 4. The Morgan fingerprint density at radius 1 is 1.41 bits per heavy atom. The van der Waals surface area contributed by atoms with E-state index in [-0.39, 0.29) is 23.9 Å². The van der Waals surface area contributed by atoms with Crippen LogP contribution in [0.25, 0.3) is 11.2 Å². The van der Waals surface area contributed by atoms with Crippen molar-refractivity contribution in [2.75, 3.05) is 12.0 Å². The number of imidazole rings is 1. The molecule has 3 rings (SSSR count). The van der Waals surface area contributed by atoms with Crippen LogP contribution >= 0.6 is 11.8 Å². The summed E-state index contributed by atoms with van der Waals surface area (Å²) in [6, 6.07) is 0. The van der Waals surface area contributed by atoms with E-state index in [0.717, 1.165) is 11.5 Å². The first-order chi connectivity index (χ1) is 13.8. The molecular formula is C16H20FN5O6S. The van der Waals surface area contributed by atoms with E-state index in [4.69, 9.17) is 19.9 Å². The number of rotatable bonds is 6. The smallest absolute Gasteiger partial charge is 0.333 e. The zero-order valence-electron chi connectivity index (χ0n) is 15.9. The molecule has 158 valence electrons. The topological polar surface area (TPSA) is 141 Å². The highest BCUT2D eigenvalue weighted by Gasteiger charge is 2.51. The highest BCUT2D eigenvalue weighted by atomic mass is 32.2. The lowest BCUT2D eigenvalue weighted by Gasteiger charge is -2.19. The quantitative estimate of drug-likeness (QED) is 0.648. The summed E-state index contributed by atoms with van der Waals surface area (Å²) < 4.78 is 32.9. The first-order valence-corrected chi connectivity index (χ1v) is 10.1. The van der Waals surface area contributed by atoms with Crippen molar-refractivity contribution < 1.29 is 28.2 Å². The molecular weight excluding hydrogens is 409 g/mol. The van der Waals surface area contributed by atoms with Gasteiger partial charge >= 0.3 is 17.6 Å². The Hall–Kier alpha value is -2.67. The molecule has 3 heterocycles. The monoisotopic (exact) mass is 429 g/mol. The Labute approximate surface area is 168 Å². The van der Waals surface area contributed by atoms with Gasteiger partial charge in [0.05, 0.1) is 12.1 Å². The molecule has 0 aromatic carbocycles. The van der Waals surface area contributed by atoms with Crippen molar-refractivity contribution >= 4 is 40.8 Å². The van der Waals surface area contributed by atoms with E-state index in [1.165, 1.54) is 29.4 Å². The number of ether oxygens (including phenoxy) is 3. The molecule has 0 saturated carbocycles. The SMILES string of the molecule is CCC(=O)O[C@H]1O[C@@H](n2c(=O)n(CSC)c3cnc(N)nc32)[C@H](OC(C)=O)[C@H]1F. The molecule has 0 bridgehead atoms. The number of carbonyl (C=O) groups excluding carboxylic acids is 2. The van der Waals surface area contributed by atoms with Gasteiger partial charge in [-0.25, -0.2) is 18.7 Å². The molecule has 2 aromatic heterocycles. The van der Waals surface area contributed by atoms with E-state index in [9.17, 15) is 18.8 Å². The van der Waals surface area contributed by atoms with Crippen LogP contribution in [0.3, 0.4) is 0 Å². The fourth-order valence-electron chi connectivity index (χ4n) is 2.98. The number of carbonyl (C=O) groups is 2. The molecule has 4 atom stereocenters. The number of anilines is 1. The van der Waals surface area contributed by atoms with Gasteiger partial charge in [0.25, 0.3) is 0 Å². The summed E-state index contributed by atoms with van der Waals surface area (Å²) >= 11 is 1.36. The van der Waals surface area contributed by atoms with Crippen LogP contribution in [0.5, 0.6) is 0 Å². The largest absolute Gasteiger partial charge is 0.454 e. The van der Waals surface area contributed by atoms with Gasteiger partial charge in [0.1, 0.15) is 5.52 Å². The Morgan fingerprint density at radius 2 is 2.14 bits per heavy atom. The molecule has 1 fully saturated rings. The summed E-state index contributed by atoms with van der Waals surface area (Å²) in [5, 5.41) is 0. The van der Waals surface area contributed by atoms with Gasteiger partial charge in [-0.15, -0.1) is 11.8 Å². The standard InChI is InChI=1S/C16H20FN5O6S/c1-4-9(24)27-14-10(17)11(26-7(2)23)13(28-14)22-12-8(5-19-15(18)20-12)21(6-29-3)16(22)25/h5,10-11,13-14H,4,6H2,1-3H3,(H2,18,19,20)/t10-,11-,13-,14+/m1/s1. The number of esters is 2. The minimum atomic E-state index is -2.01. The molecule has 0 unspecified atom stereocenters. The van der Waals surface area contributed by atoms with Crippen LogP contribution in [0.1, 0.15) is 26.5 Å². The molecule has 1 aliphatic rings. The second-order valence-corrected chi connectivity index (χ2v) is 7.03. The number of hydrogen-bond donors (Lipinski definition) is 1. The van der Waals surface area contributed by atoms with Gasteiger partial charge in [0.2, 0.25) is 18.4 Å². The number of nitrogen functional groups attached to an aromatic ring is 1. The number of hydrogen-bond acceptors (Lipinski definition) is 10. The molecule has 2 N–H and O–H groups in total. The molecule has 0 radical (unpaired) electrons. The van der Waals surface area contributed by atoms with E-state index >= 15 is 0 Å². The van der Waals surface area contributed by atoms with E-state index in [1.54, 1.807) is 6.26 Å². The molecule has 1 saturated heterocycles. The highest BCUT2D eigenvalue weighted by molar-refractivity contribution is 7.97. The third-order valence-corrected chi connectivity index (χ3v) is 4.72. The maximum atomic E-state index is 14.9. The van der Waals surface area contributed by atoms with Gasteiger partial charge < -0.3 is 19.9 Å². The summed E-state index contributed by atoms with van der Waals surface area (Å²) in [7, 11) is 0. The van der Waals surface area contributed by atoms with Crippen molar-refractivity contribution in [2.24, 2.45) is 0 Å². The maximum absolute atomic E-state index is 14.9. The highest BCUT2D eigenvalue weighted by Crippen LogP contribution is 2.35. The van der Waals surface area contributed by atoms with Crippen molar-refractivity contribution in [2.45, 2.75) is 50.9 Å². The lowest BCUT2D eigenvalue weighted by Crippen LogP contribution is -2.37. The molecule has 11 nitrogen and oxygen atoms in total. The van der Waals surface area contributed by atoms with Crippen molar-refractivity contribution in [3.63, 3.8) is 0 Å². The Morgan fingerprint density at radius 3 is 2.76 bits per heavy atom. The summed E-state index contributed by atoms with van der Waals surface area (Å²) in [6.45, 7) is 2.63.